The molecule has 4 heteroatoms. The highest BCUT2D eigenvalue weighted by atomic mass is 32.1. The Kier molecular flexibility index (Phi) is 3.34. The van der Waals surface area contributed by atoms with E-state index in [1.54, 1.807) is 23.7 Å². The van der Waals surface area contributed by atoms with Crippen LogP contribution in [0.1, 0.15) is 40.2 Å². The summed E-state index contributed by atoms with van der Waals surface area (Å²) in [6, 6.07) is 6.03. The van der Waals surface area contributed by atoms with Crippen LogP contribution >= 0.6 is 11.3 Å². The van der Waals surface area contributed by atoms with Gasteiger partial charge in [0.15, 0.2) is 0 Å². The lowest BCUT2D eigenvalue weighted by molar-refractivity contribution is 0.0657. The first-order valence-corrected chi connectivity index (χ1v) is 7.46. The molecule has 1 amide bonds. The molecule has 1 aliphatic heterocycles. The minimum atomic E-state index is 0.0943. The van der Waals surface area contributed by atoms with Gasteiger partial charge in [0, 0.05) is 23.8 Å². The number of pyridine rings is 1. The van der Waals surface area contributed by atoms with Gasteiger partial charge in [0.1, 0.15) is 0 Å². The number of aromatic nitrogens is 1. The third kappa shape index (κ3) is 2.16. The minimum absolute atomic E-state index is 0.0943. The molecule has 19 heavy (non-hydrogen) atoms. The number of thiophene rings is 1. The molecular weight excluding hydrogens is 256 g/mol. The number of hydrogen-bond acceptors (Lipinski definition) is 3. The van der Waals surface area contributed by atoms with Crippen molar-refractivity contribution in [2.45, 2.75) is 25.8 Å². The molecule has 3 heterocycles. The van der Waals surface area contributed by atoms with E-state index in [4.69, 9.17) is 0 Å². The van der Waals surface area contributed by atoms with Crippen LogP contribution in [0, 0.1) is 0 Å². The number of amides is 1. The largest absolute Gasteiger partial charge is 0.331 e. The molecule has 1 aliphatic rings. The van der Waals surface area contributed by atoms with Crippen molar-refractivity contribution in [3.8, 4) is 0 Å². The summed E-state index contributed by atoms with van der Waals surface area (Å²) in [6.07, 6.45) is 5.27. The van der Waals surface area contributed by atoms with E-state index in [0.29, 0.717) is 5.56 Å². The van der Waals surface area contributed by atoms with E-state index < -0.39 is 0 Å². The van der Waals surface area contributed by atoms with Crippen molar-refractivity contribution >= 4 is 17.2 Å². The summed E-state index contributed by atoms with van der Waals surface area (Å²) in [7, 11) is 0. The average Bonchev–Trinajstić information content (AvgIpc) is 2.94. The molecule has 0 spiro atoms. The van der Waals surface area contributed by atoms with Crippen molar-refractivity contribution < 1.29 is 4.79 Å². The van der Waals surface area contributed by atoms with E-state index in [0.717, 1.165) is 19.4 Å². The number of rotatable bonds is 2. The van der Waals surface area contributed by atoms with Crippen LogP contribution in [-0.2, 0) is 6.42 Å². The molecule has 0 unspecified atom stereocenters. The molecule has 98 valence electrons. The van der Waals surface area contributed by atoms with Gasteiger partial charge in [0.2, 0.25) is 0 Å². The van der Waals surface area contributed by atoms with Gasteiger partial charge >= 0.3 is 0 Å². The molecule has 0 N–H and O–H groups in total. The molecule has 2 aromatic rings. The number of carbonyl (C=O) groups excluding carboxylic acids is 1. The van der Waals surface area contributed by atoms with E-state index >= 15 is 0 Å². The predicted octanol–water partition coefficient (Wildman–Crippen LogP) is 3.29. The van der Waals surface area contributed by atoms with E-state index in [1.165, 1.54) is 10.4 Å². The van der Waals surface area contributed by atoms with Crippen molar-refractivity contribution in [3.05, 3.63) is 52.0 Å². The van der Waals surface area contributed by atoms with Gasteiger partial charge in [-0.15, -0.1) is 11.3 Å². The van der Waals surface area contributed by atoms with Gasteiger partial charge in [-0.25, -0.2) is 0 Å². The number of carbonyl (C=O) groups is 1. The molecular formula is C15H16N2OS. The van der Waals surface area contributed by atoms with Gasteiger partial charge in [-0.1, -0.05) is 6.92 Å². The maximum atomic E-state index is 12.6. The minimum Gasteiger partial charge on any atom is -0.331 e. The van der Waals surface area contributed by atoms with Crippen molar-refractivity contribution in [1.29, 1.82) is 0 Å². The third-order valence-electron chi connectivity index (χ3n) is 3.65. The summed E-state index contributed by atoms with van der Waals surface area (Å²) in [4.78, 5) is 20.1. The number of nitrogens with zero attached hydrogens (tertiary/aromatic N) is 2. The first-order valence-electron chi connectivity index (χ1n) is 6.58. The van der Waals surface area contributed by atoms with E-state index in [-0.39, 0.29) is 11.9 Å². The van der Waals surface area contributed by atoms with Crippen LogP contribution in [-0.4, -0.2) is 22.3 Å². The Morgan fingerprint density at radius 2 is 2.42 bits per heavy atom. The van der Waals surface area contributed by atoms with Crippen molar-refractivity contribution in [3.63, 3.8) is 0 Å². The Morgan fingerprint density at radius 3 is 3.16 bits per heavy atom. The third-order valence-corrected chi connectivity index (χ3v) is 4.65. The molecule has 3 nitrogen and oxygen atoms in total. The SMILES string of the molecule is CC[C@@H]1c2ccsc2CCN1C(=O)c1cccnc1. The van der Waals surface area contributed by atoms with E-state index in [1.807, 2.05) is 17.0 Å². The van der Waals surface area contributed by atoms with Crippen LogP contribution in [0.15, 0.2) is 36.0 Å². The quantitative estimate of drug-likeness (QED) is 0.840. The van der Waals surface area contributed by atoms with Gasteiger partial charge in [-0.2, -0.15) is 0 Å². The second kappa shape index (κ2) is 5.13. The molecule has 2 aromatic heterocycles. The highest BCUT2D eigenvalue weighted by Gasteiger charge is 2.30. The van der Waals surface area contributed by atoms with Crippen LogP contribution in [0.2, 0.25) is 0 Å². The van der Waals surface area contributed by atoms with Crippen molar-refractivity contribution in [2.75, 3.05) is 6.54 Å². The molecule has 1 atom stereocenters. The highest BCUT2D eigenvalue weighted by molar-refractivity contribution is 7.10. The van der Waals surface area contributed by atoms with Crippen LogP contribution in [0.5, 0.6) is 0 Å². The lowest BCUT2D eigenvalue weighted by atomic mass is 9.97. The fraction of sp³-hybridized carbons (Fsp3) is 0.333. The Bertz CT molecular complexity index is 579. The van der Waals surface area contributed by atoms with Gasteiger partial charge < -0.3 is 4.90 Å². The van der Waals surface area contributed by atoms with E-state index in [9.17, 15) is 4.79 Å². The summed E-state index contributed by atoms with van der Waals surface area (Å²) in [5, 5.41) is 2.13. The molecule has 0 bridgehead atoms. The fourth-order valence-electron chi connectivity index (χ4n) is 2.73. The Morgan fingerprint density at radius 1 is 1.53 bits per heavy atom. The first kappa shape index (κ1) is 12.4. The van der Waals surface area contributed by atoms with E-state index in [2.05, 4.69) is 23.4 Å². The predicted molar refractivity (Wildman–Crippen MR) is 76.3 cm³/mol. The highest BCUT2D eigenvalue weighted by Crippen LogP contribution is 2.35. The zero-order valence-electron chi connectivity index (χ0n) is 10.9. The molecule has 0 aromatic carbocycles. The monoisotopic (exact) mass is 272 g/mol. The lowest BCUT2D eigenvalue weighted by Crippen LogP contribution is -2.39. The summed E-state index contributed by atoms with van der Waals surface area (Å²) in [5.41, 5.74) is 2.01. The first-order chi connectivity index (χ1) is 9.31. The Labute approximate surface area is 116 Å². The number of fused-ring (bicyclic) bond motifs is 1. The van der Waals surface area contributed by atoms with Gasteiger partial charge in [0.25, 0.3) is 5.91 Å². The smallest absolute Gasteiger partial charge is 0.255 e. The average molecular weight is 272 g/mol. The van der Waals surface area contributed by atoms with Gasteiger partial charge in [-0.05, 0) is 42.0 Å². The van der Waals surface area contributed by atoms with Crippen LogP contribution in [0.3, 0.4) is 0 Å². The zero-order valence-corrected chi connectivity index (χ0v) is 11.7. The van der Waals surface area contributed by atoms with Gasteiger partial charge in [-0.3, -0.25) is 9.78 Å². The summed E-state index contributed by atoms with van der Waals surface area (Å²) in [5.74, 6) is 0.0943. The maximum absolute atomic E-state index is 12.6. The van der Waals surface area contributed by atoms with Crippen molar-refractivity contribution in [2.24, 2.45) is 0 Å². The second-order valence-corrected chi connectivity index (χ2v) is 5.71. The van der Waals surface area contributed by atoms with Gasteiger partial charge in [0.05, 0.1) is 11.6 Å². The summed E-state index contributed by atoms with van der Waals surface area (Å²) in [6.45, 7) is 2.95. The molecule has 0 aliphatic carbocycles. The molecule has 0 radical (unpaired) electrons. The van der Waals surface area contributed by atoms with Crippen molar-refractivity contribution in [1.82, 2.24) is 9.88 Å². The molecule has 3 rings (SSSR count). The molecule has 0 saturated carbocycles. The standard InChI is InChI=1S/C15H16N2OS/c1-2-13-12-6-9-19-14(12)5-8-17(13)15(18)11-4-3-7-16-10-11/h3-4,6-7,9-10,13H,2,5,8H2,1H3/t13-/m1/s1. The summed E-state index contributed by atoms with van der Waals surface area (Å²) >= 11 is 1.80. The lowest BCUT2D eigenvalue weighted by Gasteiger charge is -2.35. The zero-order chi connectivity index (χ0) is 13.2. The second-order valence-electron chi connectivity index (χ2n) is 4.71. The molecule has 0 fully saturated rings. The molecule has 0 saturated heterocycles. The van der Waals surface area contributed by atoms with Crippen LogP contribution < -0.4 is 0 Å². The normalized spacial score (nSPS) is 18.2. The fourth-order valence-corrected chi connectivity index (χ4v) is 3.66. The topological polar surface area (TPSA) is 33.2 Å². The number of hydrogen-bond donors (Lipinski definition) is 0. The van der Waals surface area contributed by atoms with Crippen LogP contribution in [0.4, 0.5) is 0 Å². The summed E-state index contributed by atoms with van der Waals surface area (Å²) < 4.78 is 0. The Balaban J connectivity index is 1.92. The maximum Gasteiger partial charge on any atom is 0.255 e. The van der Waals surface area contributed by atoms with Crippen LogP contribution in [0.25, 0.3) is 0 Å². The Hall–Kier alpha value is -1.68.